The van der Waals surface area contributed by atoms with E-state index in [-0.39, 0.29) is 17.6 Å². The summed E-state index contributed by atoms with van der Waals surface area (Å²) in [5.74, 6) is 0.318. The van der Waals surface area contributed by atoms with E-state index in [1.807, 2.05) is 37.4 Å². The van der Waals surface area contributed by atoms with Gasteiger partial charge >= 0.3 is 0 Å². The van der Waals surface area contributed by atoms with Crippen molar-refractivity contribution in [1.29, 1.82) is 0 Å². The Bertz CT molecular complexity index is 780. The Morgan fingerprint density at radius 3 is 2.91 bits per heavy atom. The van der Waals surface area contributed by atoms with Gasteiger partial charge in [0.25, 0.3) is 5.91 Å². The van der Waals surface area contributed by atoms with Crippen molar-refractivity contribution in [3.8, 4) is 0 Å². The number of pyridine rings is 1. The quantitative estimate of drug-likeness (QED) is 0.780. The number of carbonyl (C=O) groups is 1. The van der Waals surface area contributed by atoms with E-state index < -0.39 is 0 Å². The van der Waals surface area contributed by atoms with Crippen LogP contribution in [-0.2, 0) is 6.54 Å². The normalized spacial score (nSPS) is 12.1. The molecule has 23 heavy (non-hydrogen) atoms. The number of rotatable bonds is 5. The van der Waals surface area contributed by atoms with Crippen LogP contribution in [0.25, 0.3) is 0 Å². The molecule has 1 N–H and O–H groups in total. The first kappa shape index (κ1) is 15.0. The molecule has 118 valence electrons. The van der Waals surface area contributed by atoms with Crippen molar-refractivity contribution >= 4 is 5.91 Å². The fourth-order valence-electron chi connectivity index (χ4n) is 2.28. The summed E-state index contributed by atoms with van der Waals surface area (Å²) in [6.45, 7) is 4.09. The van der Waals surface area contributed by atoms with Crippen LogP contribution in [0, 0.1) is 6.92 Å². The molecule has 3 rings (SSSR count). The molecule has 0 saturated carbocycles. The van der Waals surface area contributed by atoms with Gasteiger partial charge in [-0.3, -0.25) is 14.5 Å². The predicted molar refractivity (Wildman–Crippen MR) is 82.7 cm³/mol. The lowest BCUT2D eigenvalue weighted by Crippen LogP contribution is -2.28. The van der Waals surface area contributed by atoms with Gasteiger partial charge in [-0.2, -0.15) is 5.10 Å². The van der Waals surface area contributed by atoms with Crippen molar-refractivity contribution in [2.75, 3.05) is 0 Å². The lowest BCUT2D eigenvalue weighted by atomic mass is 10.1. The molecule has 0 aromatic carbocycles. The van der Waals surface area contributed by atoms with Crippen LogP contribution in [0.4, 0.5) is 0 Å². The monoisotopic (exact) mass is 311 g/mol. The number of carbonyl (C=O) groups excluding carboxylic acids is 1. The van der Waals surface area contributed by atoms with E-state index in [0.29, 0.717) is 12.3 Å². The van der Waals surface area contributed by atoms with E-state index in [0.717, 1.165) is 11.3 Å². The van der Waals surface area contributed by atoms with E-state index in [4.69, 9.17) is 4.52 Å². The van der Waals surface area contributed by atoms with Crippen molar-refractivity contribution in [2.24, 2.45) is 0 Å². The van der Waals surface area contributed by atoms with Crippen molar-refractivity contribution in [3.63, 3.8) is 0 Å². The highest BCUT2D eigenvalue weighted by atomic mass is 16.5. The van der Waals surface area contributed by atoms with Gasteiger partial charge in [-0.1, -0.05) is 11.2 Å². The lowest BCUT2D eigenvalue weighted by Gasteiger charge is -2.12. The van der Waals surface area contributed by atoms with Crippen LogP contribution in [0.2, 0.25) is 0 Å². The summed E-state index contributed by atoms with van der Waals surface area (Å²) in [5, 5.41) is 10.9. The third-order valence-electron chi connectivity index (χ3n) is 3.56. The Morgan fingerprint density at radius 2 is 2.22 bits per heavy atom. The van der Waals surface area contributed by atoms with Crippen LogP contribution in [0.15, 0.2) is 47.4 Å². The van der Waals surface area contributed by atoms with Crippen molar-refractivity contribution in [3.05, 3.63) is 65.6 Å². The van der Waals surface area contributed by atoms with Crippen molar-refractivity contribution in [2.45, 2.75) is 26.4 Å². The standard InChI is InChI=1S/C16H17N5O2/c1-11(14-6-3-4-7-17-14)19-16(22)15-13(12(2)23-20-15)10-21-9-5-8-18-21/h3-9,11H,10H2,1-2H3,(H,19,22). The predicted octanol–water partition coefficient (Wildman–Crippen LogP) is 2.11. The van der Waals surface area contributed by atoms with Crippen LogP contribution in [0.1, 0.15) is 40.5 Å². The first-order chi connectivity index (χ1) is 11.1. The van der Waals surface area contributed by atoms with Crippen LogP contribution < -0.4 is 5.32 Å². The van der Waals surface area contributed by atoms with Gasteiger partial charge in [0.1, 0.15) is 5.76 Å². The smallest absolute Gasteiger partial charge is 0.274 e. The second-order valence-corrected chi connectivity index (χ2v) is 5.22. The zero-order valence-electron chi connectivity index (χ0n) is 12.9. The molecule has 0 bridgehead atoms. The first-order valence-electron chi connectivity index (χ1n) is 7.29. The maximum Gasteiger partial charge on any atom is 0.274 e. The van der Waals surface area contributed by atoms with E-state index in [1.165, 1.54) is 0 Å². The van der Waals surface area contributed by atoms with Gasteiger partial charge in [-0.05, 0) is 32.0 Å². The van der Waals surface area contributed by atoms with E-state index in [1.54, 1.807) is 24.0 Å². The Kier molecular flexibility index (Phi) is 4.18. The minimum absolute atomic E-state index is 0.224. The number of aryl methyl sites for hydroxylation is 1. The highest BCUT2D eigenvalue weighted by Gasteiger charge is 2.22. The van der Waals surface area contributed by atoms with Gasteiger partial charge in [0.15, 0.2) is 5.69 Å². The van der Waals surface area contributed by atoms with Crippen molar-refractivity contribution in [1.82, 2.24) is 25.2 Å². The Morgan fingerprint density at radius 1 is 1.35 bits per heavy atom. The Hall–Kier alpha value is -2.96. The zero-order chi connectivity index (χ0) is 16.2. The Labute approximate surface area is 133 Å². The molecule has 1 atom stereocenters. The van der Waals surface area contributed by atoms with E-state index in [2.05, 4.69) is 20.6 Å². The molecule has 0 spiro atoms. The fraction of sp³-hybridized carbons (Fsp3) is 0.250. The lowest BCUT2D eigenvalue weighted by molar-refractivity contribution is 0.0929. The van der Waals surface area contributed by atoms with Gasteiger partial charge in [-0.15, -0.1) is 0 Å². The molecule has 7 nitrogen and oxygen atoms in total. The Balaban J connectivity index is 1.77. The number of nitrogens with one attached hydrogen (secondary N) is 1. The third kappa shape index (κ3) is 3.28. The molecule has 3 aromatic rings. The molecule has 7 heteroatoms. The summed E-state index contributed by atoms with van der Waals surface area (Å²) >= 11 is 0. The summed E-state index contributed by atoms with van der Waals surface area (Å²) in [6.07, 6.45) is 5.21. The molecular formula is C16H17N5O2. The highest BCUT2D eigenvalue weighted by molar-refractivity contribution is 5.94. The van der Waals surface area contributed by atoms with Gasteiger partial charge in [0.05, 0.1) is 18.3 Å². The second-order valence-electron chi connectivity index (χ2n) is 5.22. The van der Waals surface area contributed by atoms with Crippen LogP contribution in [-0.4, -0.2) is 25.8 Å². The maximum absolute atomic E-state index is 12.5. The minimum Gasteiger partial charge on any atom is -0.361 e. The molecule has 3 aromatic heterocycles. The summed E-state index contributed by atoms with van der Waals surface area (Å²) < 4.78 is 6.91. The number of hydrogen-bond acceptors (Lipinski definition) is 5. The topological polar surface area (TPSA) is 85.8 Å². The SMILES string of the molecule is Cc1onc(C(=O)NC(C)c2ccccn2)c1Cn1cccn1. The third-order valence-corrected chi connectivity index (χ3v) is 3.56. The van der Waals surface area contributed by atoms with Gasteiger partial charge in [0, 0.05) is 24.2 Å². The molecule has 1 amide bonds. The minimum atomic E-state index is -0.290. The molecule has 3 heterocycles. The molecule has 0 fully saturated rings. The van der Waals surface area contributed by atoms with Crippen LogP contribution in [0.5, 0.6) is 0 Å². The molecule has 1 unspecified atom stereocenters. The summed E-state index contributed by atoms with van der Waals surface area (Å²) in [7, 11) is 0. The second kappa shape index (κ2) is 6.43. The first-order valence-corrected chi connectivity index (χ1v) is 7.29. The molecular weight excluding hydrogens is 294 g/mol. The maximum atomic E-state index is 12.5. The molecule has 0 saturated heterocycles. The largest absolute Gasteiger partial charge is 0.361 e. The molecule has 0 radical (unpaired) electrons. The van der Waals surface area contributed by atoms with Crippen LogP contribution >= 0.6 is 0 Å². The number of aromatic nitrogens is 4. The molecule has 0 aliphatic heterocycles. The summed E-state index contributed by atoms with van der Waals surface area (Å²) in [5.41, 5.74) is 1.79. The van der Waals surface area contributed by atoms with Gasteiger partial charge in [-0.25, -0.2) is 0 Å². The summed E-state index contributed by atoms with van der Waals surface area (Å²) in [4.78, 5) is 16.7. The van der Waals surface area contributed by atoms with Gasteiger partial charge in [0.2, 0.25) is 0 Å². The van der Waals surface area contributed by atoms with Crippen LogP contribution in [0.3, 0.4) is 0 Å². The zero-order valence-corrected chi connectivity index (χ0v) is 12.9. The number of amides is 1. The van der Waals surface area contributed by atoms with Gasteiger partial charge < -0.3 is 9.84 Å². The number of nitrogens with zero attached hydrogens (tertiary/aromatic N) is 4. The van der Waals surface area contributed by atoms with E-state index >= 15 is 0 Å². The van der Waals surface area contributed by atoms with Crippen molar-refractivity contribution < 1.29 is 9.32 Å². The molecule has 0 aliphatic carbocycles. The number of hydrogen-bond donors (Lipinski definition) is 1. The summed E-state index contributed by atoms with van der Waals surface area (Å²) in [6, 6.07) is 7.18. The average molecular weight is 311 g/mol. The fourth-order valence-corrected chi connectivity index (χ4v) is 2.28. The van der Waals surface area contributed by atoms with E-state index in [9.17, 15) is 4.79 Å². The average Bonchev–Trinajstić information content (AvgIpc) is 3.19. The molecule has 0 aliphatic rings. The highest BCUT2D eigenvalue weighted by Crippen LogP contribution is 2.16.